The first-order chi connectivity index (χ1) is 4.31. The van der Waals surface area contributed by atoms with Crippen LogP contribution in [0.3, 0.4) is 0 Å². The minimum Gasteiger partial charge on any atom is -0.234 e. The Morgan fingerprint density at radius 3 is 1.73 bits per heavy atom. The molecule has 0 aromatic carbocycles. The fraction of sp³-hybridized carbons (Fsp3) is 1.00. The molecule has 0 aliphatic rings. The third-order valence-corrected chi connectivity index (χ3v) is 2.54. The Morgan fingerprint density at radius 2 is 1.64 bits per heavy atom. The maximum Gasteiger partial charge on any atom is 0.485 e. The van der Waals surface area contributed by atoms with Crippen molar-refractivity contribution in [1.82, 2.24) is 0 Å². The molecule has 0 aromatic rings. The molecule has 0 aliphatic carbocycles. The van der Waals surface area contributed by atoms with E-state index in [9.17, 15) is 21.6 Å². The fourth-order valence-corrected chi connectivity index (χ4v) is 1.59. The standard InChI is InChI=1S/CB2F3IO2S.V/c4-1(5,6)10(8,9)3-2-7;. The van der Waals surface area contributed by atoms with Crippen molar-refractivity contribution in [2.24, 2.45) is 0 Å². The van der Waals surface area contributed by atoms with Crippen LogP contribution in [0.5, 0.6) is 0 Å². The average Bonchev–Trinajstić information content (AvgIpc) is 1.61. The normalized spacial score (nSPS) is 11.6. The molecular weight excluding hydrogens is 333 g/mol. The van der Waals surface area contributed by atoms with Crippen LogP contribution in [0.1, 0.15) is 0 Å². The maximum atomic E-state index is 11.4. The van der Waals surface area contributed by atoms with Gasteiger partial charge in [-0.15, -0.1) is 0 Å². The minimum atomic E-state index is -5.17. The van der Waals surface area contributed by atoms with Crippen LogP contribution in [0, 0.1) is 0 Å². The van der Waals surface area contributed by atoms with Crippen molar-refractivity contribution in [1.29, 1.82) is 0 Å². The summed E-state index contributed by atoms with van der Waals surface area (Å²) in [7, 11) is -5.04. The van der Waals surface area contributed by atoms with Gasteiger partial charge in [0.1, 0.15) is 0 Å². The fourth-order valence-electron chi connectivity index (χ4n) is 0.145. The van der Waals surface area contributed by atoms with Gasteiger partial charge in [-0.3, -0.25) is 0 Å². The molecule has 3 radical (unpaired) electrons. The van der Waals surface area contributed by atoms with Crippen LogP contribution in [0.15, 0.2) is 0 Å². The Morgan fingerprint density at radius 1 is 1.27 bits per heavy atom. The monoisotopic (exact) mass is 333 g/mol. The van der Waals surface area contributed by atoms with Gasteiger partial charge in [0.2, 0.25) is 0 Å². The summed E-state index contributed by atoms with van der Waals surface area (Å²) in [4.78, 5) is 0. The van der Waals surface area contributed by atoms with Crippen LogP contribution in [-0.4, -0.2) is 25.4 Å². The zero-order valence-electron chi connectivity index (χ0n) is 4.84. The molecule has 0 unspecified atom stereocenters. The van der Waals surface area contributed by atoms with Crippen molar-refractivity contribution in [3.05, 3.63) is 0 Å². The van der Waals surface area contributed by atoms with Gasteiger partial charge in [-0.2, -0.15) is 35.5 Å². The Balaban J connectivity index is 0. The molecule has 0 saturated carbocycles. The van der Waals surface area contributed by atoms with Crippen LogP contribution < -0.4 is 0 Å². The first-order valence-electron chi connectivity index (χ1n) is 1.89. The zero-order chi connectivity index (χ0) is 8.41. The van der Waals surface area contributed by atoms with E-state index in [2.05, 4.69) is 0 Å². The molecule has 0 saturated heterocycles. The molecule has 0 fully saturated rings. The molecule has 0 N–H and O–H groups in total. The second-order valence-electron chi connectivity index (χ2n) is 1.25. The minimum absolute atomic E-state index is 0. The summed E-state index contributed by atoms with van der Waals surface area (Å²) in [5.74, 6) is 0. The molecule has 10 heteroatoms. The number of rotatable bonds is 2. The van der Waals surface area contributed by atoms with E-state index in [-0.39, 0.29) is 25.0 Å². The molecular formula is CB2F3IO2SV. The van der Waals surface area contributed by atoms with Crippen LogP contribution in [-0.2, 0) is 28.2 Å². The molecule has 11 heavy (non-hydrogen) atoms. The van der Waals surface area contributed by atoms with Gasteiger partial charge in [-0.25, -0.2) is 8.42 Å². The topological polar surface area (TPSA) is 34.1 Å². The molecule has 0 amide bonds. The second kappa shape index (κ2) is 5.03. The summed E-state index contributed by atoms with van der Waals surface area (Å²) in [6.07, 6.45) is 0.105. The molecule has 0 spiro atoms. The van der Waals surface area contributed by atoms with E-state index >= 15 is 0 Å². The molecule has 0 rings (SSSR count). The van der Waals surface area contributed by atoms with E-state index in [0.29, 0.717) is 0 Å². The van der Waals surface area contributed by atoms with Crippen molar-refractivity contribution in [2.75, 3.05) is 0 Å². The van der Waals surface area contributed by atoms with Gasteiger partial charge in [-0.05, 0) is 0 Å². The largest absolute Gasteiger partial charge is 0.485 e. The molecule has 0 aliphatic heterocycles. The maximum absolute atomic E-state index is 11.4. The van der Waals surface area contributed by atoms with E-state index in [1.165, 1.54) is 22.4 Å². The van der Waals surface area contributed by atoms with Crippen molar-refractivity contribution in [3.8, 4) is 0 Å². The summed E-state index contributed by atoms with van der Waals surface area (Å²) < 4.78 is 54.2. The quantitative estimate of drug-likeness (QED) is 0.545. The third kappa shape index (κ3) is 4.69. The third-order valence-electron chi connectivity index (χ3n) is 0.553. The van der Waals surface area contributed by atoms with E-state index in [1.54, 1.807) is 0 Å². The average molecular weight is 333 g/mol. The Kier molecular flexibility index (Phi) is 6.72. The number of hydrogen-bond donors (Lipinski definition) is 0. The molecule has 0 atom stereocenters. The van der Waals surface area contributed by atoms with Crippen LogP contribution >= 0.6 is 22.4 Å². The van der Waals surface area contributed by atoms with Gasteiger partial charge < -0.3 is 0 Å². The number of alkyl halides is 3. The second-order valence-corrected chi connectivity index (χ2v) is 3.80. The predicted octanol–water partition coefficient (Wildman–Crippen LogP) is 0.507. The van der Waals surface area contributed by atoms with E-state index < -0.39 is 15.2 Å². The Bertz CT molecular complexity index is 202. The predicted molar refractivity (Wildman–Crippen MR) is 40.5 cm³/mol. The summed E-state index contributed by atoms with van der Waals surface area (Å²) in [5.41, 5.74) is -5.17. The summed E-state index contributed by atoms with van der Waals surface area (Å²) in [6, 6.07) is 0. The number of hydrogen-bond acceptors (Lipinski definition) is 2. The SMILES string of the molecule is O=S(=O)([B][B]I)C(F)(F)F.[V]. The number of halogens is 4. The van der Waals surface area contributed by atoms with Gasteiger partial charge in [0.25, 0.3) is 6.45 Å². The molecule has 61 valence electrons. The Hall–Kier alpha value is 1.18. The smallest absolute Gasteiger partial charge is 0.234 e. The first kappa shape index (κ1) is 14.7. The Labute approximate surface area is 88.7 Å². The van der Waals surface area contributed by atoms with Crippen LogP contribution in [0.25, 0.3) is 0 Å². The van der Waals surface area contributed by atoms with E-state index in [0.717, 1.165) is 5.03 Å². The molecule has 2 nitrogen and oxygen atoms in total. The van der Waals surface area contributed by atoms with Gasteiger partial charge in [0.05, 0.1) is 0 Å². The summed E-state index contributed by atoms with van der Waals surface area (Å²) in [5, 5.41) is 0.792. The van der Waals surface area contributed by atoms with E-state index in [4.69, 9.17) is 0 Å². The first-order valence-corrected chi connectivity index (χ1v) is 4.68. The van der Waals surface area contributed by atoms with Crippen molar-refractivity contribution in [3.63, 3.8) is 0 Å². The van der Waals surface area contributed by atoms with E-state index in [1.807, 2.05) is 0 Å². The zero-order valence-corrected chi connectivity index (χ0v) is 9.21. The van der Waals surface area contributed by atoms with Gasteiger partial charge in [-0.1, -0.05) is 0 Å². The van der Waals surface area contributed by atoms with Gasteiger partial charge in [0, 0.05) is 18.6 Å². The molecule has 0 heterocycles. The summed E-state index contributed by atoms with van der Waals surface area (Å²) in [6.45, 7) is 0. The molecule has 0 bridgehead atoms. The van der Waals surface area contributed by atoms with Crippen molar-refractivity contribution < 1.29 is 40.1 Å². The van der Waals surface area contributed by atoms with Crippen molar-refractivity contribution in [2.45, 2.75) is 5.51 Å². The van der Waals surface area contributed by atoms with Gasteiger partial charge in [0.15, 0.2) is 14.7 Å². The van der Waals surface area contributed by atoms with Crippen molar-refractivity contribution >= 4 is 43.5 Å². The molecule has 0 aromatic heterocycles. The van der Waals surface area contributed by atoms with Crippen LogP contribution in [0.4, 0.5) is 13.2 Å². The summed E-state index contributed by atoms with van der Waals surface area (Å²) >= 11 is 1.39. The van der Waals surface area contributed by atoms with Gasteiger partial charge >= 0.3 is 5.51 Å². The van der Waals surface area contributed by atoms with Crippen LogP contribution in [0.2, 0.25) is 0 Å².